The van der Waals surface area contributed by atoms with Gasteiger partial charge in [0.1, 0.15) is 5.75 Å². The quantitative estimate of drug-likeness (QED) is 0.826. The van der Waals surface area contributed by atoms with Crippen LogP contribution >= 0.6 is 11.6 Å². The highest BCUT2D eigenvalue weighted by Crippen LogP contribution is 2.24. The highest BCUT2D eigenvalue weighted by Gasteiger charge is 2.04. The summed E-state index contributed by atoms with van der Waals surface area (Å²) in [6.07, 6.45) is 3.16. The summed E-state index contributed by atoms with van der Waals surface area (Å²) in [6, 6.07) is 4.87. The van der Waals surface area contributed by atoms with Crippen LogP contribution in [0, 0.1) is 0 Å². The molecule has 0 aliphatic rings. The predicted octanol–water partition coefficient (Wildman–Crippen LogP) is 1.81. The zero-order valence-electron chi connectivity index (χ0n) is 8.39. The lowest BCUT2D eigenvalue weighted by atomic mass is 10.2. The van der Waals surface area contributed by atoms with Gasteiger partial charge in [0.2, 0.25) is 0 Å². The molecule has 0 saturated carbocycles. The second-order valence-electron chi connectivity index (χ2n) is 2.95. The molecule has 0 amide bonds. The normalized spacial score (nSPS) is 10.6. The Kier molecular flexibility index (Phi) is 4.82. The van der Waals surface area contributed by atoms with Crippen molar-refractivity contribution in [3.05, 3.63) is 34.9 Å². The molecule has 0 aliphatic carbocycles. The fraction of sp³-hybridized carbons (Fsp3) is 0.182. The lowest BCUT2D eigenvalue weighted by Crippen LogP contribution is -2.10. The van der Waals surface area contributed by atoms with Gasteiger partial charge >= 0.3 is 5.97 Å². The lowest BCUT2D eigenvalue weighted by molar-refractivity contribution is -0.139. The molecule has 1 aromatic carbocycles. The van der Waals surface area contributed by atoms with Crippen molar-refractivity contribution >= 4 is 23.6 Å². The Hall–Kier alpha value is -1.52. The summed E-state index contributed by atoms with van der Waals surface area (Å²) in [6.45, 7) is -0.526. The van der Waals surface area contributed by atoms with Gasteiger partial charge < -0.3 is 14.9 Å². The third-order valence-corrected chi connectivity index (χ3v) is 1.96. The average Bonchev–Trinajstić information content (AvgIpc) is 2.25. The number of carboxylic acids is 1. The molecule has 1 aromatic rings. The van der Waals surface area contributed by atoms with Gasteiger partial charge in [0.25, 0.3) is 0 Å². The van der Waals surface area contributed by atoms with Gasteiger partial charge in [-0.2, -0.15) is 0 Å². The highest BCUT2D eigenvalue weighted by atomic mass is 35.5. The molecule has 0 heterocycles. The van der Waals surface area contributed by atoms with Crippen molar-refractivity contribution in [2.75, 3.05) is 13.2 Å². The van der Waals surface area contributed by atoms with Gasteiger partial charge in [-0.15, -0.1) is 0 Å². The highest BCUT2D eigenvalue weighted by molar-refractivity contribution is 6.30. The number of aliphatic hydroxyl groups is 1. The molecule has 16 heavy (non-hydrogen) atoms. The molecule has 5 heteroatoms. The first-order valence-electron chi connectivity index (χ1n) is 4.55. The van der Waals surface area contributed by atoms with Crippen LogP contribution in [-0.2, 0) is 4.79 Å². The molecule has 0 radical (unpaired) electrons. The Morgan fingerprint density at radius 1 is 1.50 bits per heavy atom. The zero-order chi connectivity index (χ0) is 12.0. The Morgan fingerprint density at radius 2 is 2.25 bits per heavy atom. The van der Waals surface area contributed by atoms with E-state index >= 15 is 0 Å². The summed E-state index contributed by atoms with van der Waals surface area (Å²) in [4.78, 5) is 10.4. The molecule has 0 aliphatic heterocycles. The van der Waals surface area contributed by atoms with E-state index < -0.39 is 12.6 Å². The van der Waals surface area contributed by atoms with Crippen LogP contribution < -0.4 is 4.74 Å². The molecule has 86 valence electrons. The smallest absolute Gasteiger partial charge is 0.341 e. The van der Waals surface area contributed by atoms with Crippen LogP contribution in [0.1, 0.15) is 5.56 Å². The van der Waals surface area contributed by atoms with E-state index in [2.05, 4.69) is 0 Å². The number of benzene rings is 1. The van der Waals surface area contributed by atoms with Gasteiger partial charge in [-0.3, -0.25) is 0 Å². The summed E-state index contributed by atoms with van der Waals surface area (Å²) < 4.78 is 5.06. The Labute approximate surface area is 97.7 Å². The second kappa shape index (κ2) is 6.15. The minimum atomic E-state index is -1.06. The van der Waals surface area contributed by atoms with Gasteiger partial charge in [0.15, 0.2) is 6.61 Å². The van der Waals surface area contributed by atoms with Crippen molar-refractivity contribution in [1.82, 2.24) is 0 Å². The Bertz CT molecular complexity index is 401. The monoisotopic (exact) mass is 242 g/mol. The van der Waals surface area contributed by atoms with Gasteiger partial charge in [0, 0.05) is 10.6 Å². The predicted molar refractivity (Wildman–Crippen MR) is 60.7 cm³/mol. The maximum atomic E-state index is 10.4. The van der Waals surface area contributed by atoms with Gasteiger partial charge in [-0.05, 0) is 18.2 Å². The van der Waals surface area contributed by atoms with Gasteiger partial charge in [-0.25, -0.2) is 4.79 Å². The molecule has 1 rings (SSSR count). The van der Waals surface area contributed by atoms with Crippen molar-refractivity contribution in [2.45, 2.75) is 0 Å². The topological polar surface area (TPSA) is 66.8 Å². The number of aliphatic carboxylic acids is 1. The Morgan fingerprint density at radius 3 is 2.88 bits per heavy atom. The van der Waals surface area contributed by atoms with Crippen LogP contribution in [0.15, 0.2) is 24.3 Å². The van der Waals surface area contributed by atoms with Crippen LogP contribution in [0.2, 0.25) is 5.02 Å². The molecule has 0 spiro atoms. The SMILES string of the molecule is O=C(O)COc1cc(Cl)ccc1C=CCO. The lowest BCUT2D eigenvalue weighted by Gasteiger charge is -2.07. The first-order valence-corrected chi connectivity index (χ1v) is 4.93. The molecule has 0 fully saturated rings. The molecule has 0 aromatic heterocycles. The number of hydrogen-bond donors (Lipinski definition) is 2. The fourth-order valence-corrected chi connectivity index (χ4v) is 1.25. The number of ether oxygens (including phenoxy) is 1. The number of rotatable bonds is 5. The van der Waals surface area contributed by atoms with Crippen LogP contribution in [0.3, 0.4) is 0 Å². The van der Waals surface area contributed by atoms with E-state index in [1.54, 1.807) is 18.2 Å². The van der Waals surface area contributed by atoms with E-state index in [4.69, 9.17) is 26.6 Å². The first kappa shape index (κ1) is 12.5. The van der Waals surface area contributed by atoms with Crippen molar-refractivity contribution in [1.29, 1.82) is 0 Å². The molecule has 0 bridgehead atoms. The molecule has 0 atom stereocenters. The van der Waals surface area contributed by atoms with Crippen molar-refractivity contribution < 1.29 is 19.7 Å². The van der Waals surface area contributed by atoms with Crippen LogP contribution in [0.25, 0.3) is 6.08 Å². The third kappa shape index (κ3) is 3.92. The Balaban J connectivity index is 2.89. The maximum Gasteiger partial charge on any atom is 0.341 e. The van der Waals surface area contributed by atoms with Crippen molar-refractivity contribution in [3.63, 3.8) is 0 Å². The van der Waals surface area contributed by atoms with E-state index in [-0.39, 0.29) is 6.61 Å². The van der Waals surface area contributed by atoms with E-state index in [1.807, 2.05) is 0 Å². The fourth-order valence-electron chi connectivity index (χ4n) is 1.09. The van der Waals surface area contributed by atoms with Crippen LogP contribution in [-0.4, -0.2) is 29.4 Å². The summed E-state index contributed by atoms with van der Waals surface area (Å²) in [5.41, 5.74) is 0.666. The largest absolute Gasteiger partial charge is 0.481 e. The number of carbonyl (C=O) groups is 1. The number of carboxylic acid groups (broad SMARTS) is 1. The van der Waals surface area contributed by atoms with E-state index in [9.17, 15) is 4.79 Å². The molecule has 2 N–H and O–H groups in total. The molecule has 4 nitrogen and oxygen atoms in total. The summed E-state index contributed by atoms with van der Waals surface area (Å²) in [5, 5.41) is 17.6. The van der Waals surface area contributed by atoms with Crippen molar-refractivity contribution in [2.24, 2.45) is 0 Å². The maximum absolute atomic E-state index is 10.4. The summed E-state index contributed by atoms with van der Waals surface area (Å²) in [7, 11) is 0. The third-order valence-electron chi connectivity index (χ3n) is 1.73. The molecule has 0 unspecified atom stereocenters. The minimum absolute atomic E-state index is 0.0962. The number of hydrogen-bond acceptors (Lipinski definition) is 3. The zero-order valence-corrected chi connectivity index (χ0v) is 9.15. The standard InChI is InChI=1S/C11H11ClO4/c12-9-4-3-8(2-1-5-13)10(6-9)16-7-11(14)15/h1-4,6,13H,5,7H2,(H,14,15). The average molecular weight is 243 g/mol. The molecule has 0 saturated heterocycles. The van der Waals surface area contributed by atoms with Crippen LogP contribution in [0.5, 0.6) is 5.75 Å². The molecular weight excluding hydrogens is 232 g/mol. The van der Waals surface area contributed by atoms with Crippen LogP contribution in [0.4, 0.5) is 0 Å². The molecular formula is C11H11ClO4. The minimum Gasteiger partial charge on any atom is -0.481 e. The van der Waals surface area contributed by atoms with E-state index in [1.165, 1.54) is 12.1 Å². The van der Waals surface area contributed by atoms with E-state index in [0.29, 0.717) is 16.3 Å². The number of aliphatic hydroxyl groups excluding tert-OH is 1. The van der Waals surface area contributed by atoms with Crippen molar-refractivity contribution in [3.8, 4) is 5.75 Å². The summed E-state index contributed by atoms with van der Waals surface area (Å²) in [5.74, 6) is -0.684. The number of halogens is 1. The van der Waals surface area contributed by atoms with E-state index in [0.717, 1.165) is 0 Å². The second-order valence-corrected chi connectivity index (χ2v) is 3.39. The first-order chi connectivity index (χ1) is 7.63. The summed E-state index contributed by atoms with van der Waals surface area (Å²) >= 11 is 5.77. The van der Waals surface area contributed by atoms with Gasteiger partial charge in [-0.1, -0.05) is 23.8 Å². The van der Waals surface area contributed by atoms with Gasteiger partial charge in [0.05, 0.1) is 6.61 Å².